The summed E-state index contributed by atoms with van der Waals surface area (Å²) in [6.45, 7) is 4.13. The minimum Gasteiger partial charge on any atom is -0.457 e. The second-order valence-electron chi connectivity index (χ2n) is 10.6. The van der Waals surface area contributed by atoms with Crippen molar-refractivity contribution in [2.75, 3.05) is 6.61 Å². The fraction of sp³-hybridized carbons (Fsp3) is 0.562. The molecule has 0 aromatic heterocycles. The van der Waals surface area contributed by atoms with E-state index in [4.69, 9.17) is 23.7 Å². The Labute approximate surface area is 237 Å². The summed E-state index contributed by atoms with van der Waals surface area (Å²) in [6, 6.07) is 18.6. The van der Waals surface area contributed by atoms with E-state index in [0.29, 0.717) is 6.42 Å². The summed E-state index contributed by atoms with van der Waals surface area (Å²) >= 11 is 0. The summed E-state index contributed by atoms with van der Waals surface area (Å²) < 4.78 is 30.9. The van der Waals surface area contributed by atoms with E-state index < -0.39 is 36.9 Å². The number of hydrogen-bond acceptors (Lipinski definition) is 7. The van der Waals surface area contributed by atoms with Crippen molar-refractivity contribution in [2.24, 2.45) is 0 Å². The summed E-state index contributed by atoms with van der Waals surface area (Å²) in [7, 11) is 0. The first-order chi connectivity index (χ1) is 19.5. The van der Waals surface area contributed by atoms with Crippen LogP contribution in [0.25, 0.3) is 0 Å². The van der Waals surface area contributed by atoms with Gasteiger partial charge in [-0.1, -0.05) is 106 Å². The molecule has 1 amide bonds. The van der Waals surface area contributed by atoms with Crippen molar-refractivity contribution in [3.63, 3.8) is 0 Å². The highest BCUT2D eigenvalue weighted by atomic mass is 16.8. The summed E-state index contributed by atoms with van der Waals surface area (Å²) in [5.41, 5.74) is 1.81. The maximum Gasteiger partial charge on any atom is 0.306 e. The highest BCUT2D eigenvalue weighted by Crippen LogP contribution is 2.36. The number of carbonyl (C=O) groups is 2. The molecule has 0 aliphatic carbocycles. The molecule has 0 radical (unpaired) electrons. The first-order valence-corrected chi connectivity index (χ1v) is 14.6. The van der Waals surface area contributed by atoms with Gasteiger partial charge in [0.25, 0.3) is 0 Å². The number of ether oxygens (including phenoxy) is 5. The minimum atomic E-state index is -0.859. The van der Waals surface area contributed by atoms with Gasteiger partial charge in [-0.05, 0) is 12.0 Å². The summed E-state index contributed by atoms with van der Waals surface area (Å²) in [4.78, 5) is 25.4. The van der Waals surface area contributed by atoms with Crippen LogP contribution in [-0.2, 0) is 39.9 Å². The van der Waals surface area contributed by atoms with Gasteiger partial charge < -0.3 is 29.0 Å². The van der Waals surface area contributed by atoms with Crippen LogP contribution >= 0.6 is 0 Å². The number of unbranched alkanes of at least 4 members (excludes halogenated alkanes) is 6. The van der Waals surface area contributed by atoms with Crippen molar-refractivity contribution in [1.29, 1.82) is 0 Å². The van der Waals surface area contributed by atoms with Crippen LogP contribution in [0.4, 0.5) is 0 Å². The van der Waals surface area contributed by atoms with Gasteiger partial charge in [0, 0.05) is 18.9 Å². The summed E-state index contributed by atoms with van der Waals surface area (Å²) in [6.07, 6.45) is 4.55. The SMILES string of the molecule is CCCCCCCCCC(=O)OC1[C@@H]2OC(c3ccccc3)OCC2O[C@@H](OCc2ccccc2)[C@H]1NC(C)=O. The van der Waals surface area contributed by atoms with E-state index in [1.54, 1.807) is 0 Å². The molecule has 2 aromatic carbocycles. The van der Waals surface area contributed by atoms with Gasteiger partial charge in [0.05, 0.1) is 13.2 Å². The van der Waals surface area contributed by atoms with Gasteiger partial charge in [-0.25, -0.2) is 0 Å². The van der Waals surface area contributed by atoms with Crippen LogP contribution in [0.1, 0.15) is 82.6 Å². The van der Waals surface area contributed by atoms with Crippen LogP contribution < -0.4 is 5.32 Å². The van der Waals surface area contributed by atoms with Gasteiger partial charge in [0.2, 0.25) is 5.91 Å². The molecule has 6 atom stereocenters. The Balaban J connectivity index is 1.47. The molecule has 2 fully saturated rings. The lowest BCUT2D eigenvalue weighted by Gasteiger charge is -2.48. The molecule has 0 bridgehead atoms. The van der Waals surface area contributed by atoms with E-state index in [-0.39, 0.29) is 25.1 Å². The van der Waals surface area contributed by atoms with Gasteiger partial charge >= 0.3 is 5.97 Å². The Morgan fingerprint density at radius 1 is 0.900 bits per heavy atom. The number of carbonyl (C=O) groups excluding carboxylic acids is 2. The van der Waals surface area contributed by atoms with E-state index in [0.717, 1.165) is 30.4 Å². The van der Waals surface area contributed by atoms with E-state index in [1.807, 2.05) is 60.7 Å². The lowest BCUT2D eigenvalue weighted by molar-refractivity contribution is -0.346. The first kappa shape index (κ1) is 30.2. The molecule has 0 saturated carbocycles. The third kappa shape index (κ3) is 8.86. The fourth-order valence-corrected chi connectivity index (χ4v) is 5.21. The van der Waals surface area contributed by atoms with Crippen LogP contribution in [0.2, 0.25) is 0 Å². The van der Waals surface area contributed by atoms with Crippen molar-refractivity contribution in [2.45, 2.75) is 109 Å². The number of rotatable bonds is 14. The zero-order valence-corrected chi connectivity index (χ0v) is 23.7. The quantitative estimate of drug-likeness (QED) is 0.241. The molecule has 1 N–H and O–H groups in total. The predicted molar refractivity (Wildman–Crippen MR) is 150 cm³/mol. The van der Waals surface area contributed by atoms with E-state index in [9.17, 15) is 9.59 Å². The van der Waals surface area contributed by atoms with Crippen LogP contribution in [0.15, 0.2) is 60.7 Å². The fourth-order valence-electron chi connectivity index (χ4n) is 5.21. The zero-order valence-electron chi connectivity index (χ0n) is 23.7. The largest absolute Gasteiger partial charge is 0.457 e. The monoisotopic (exact) mass is 553 g/mol. The molecule has 4 rings (SSSR count). The molecule has 2 saturated heterocycles. The first-order valence-electron chi connectivity index (χ1n) is 14.6. The van der Waals surface area contributed by atoms with Crippen LogP contribution in [-0.4, -0.2) is 49.1 Å². The third-order valence-corrected chi connectivity index (χ3v) is 7.29. The zero-order chi connectivity index (χ0) is 28.2. The maximum absolute atomic E-state index is 13.1. The lowest BCUT2D eigenvalue weighted by Crippen LogP contribution is -2.67. The van der Waals surface area contributed by atoms with Crippen molar-refractivity contribution >= 4 is 11.9 Å². The Morgan fingerprint density at radius 3 is 2.27 bits per heavy atom. The van der Waals surface area contributed by atoms with E-state index in [1.165, 1.54) is 32.6 Å². The minimum absolute atomic E-state index is 0.230. The average molecular weight is 554 g/mol. The number of benzene rings is 2. The lowest BCUT2D eigenvalue weighted by atomic mass is 9.95. The highest BCUT2D eigenvalue weighted by molar-refractivity contribution is 5.73. The normalized spacial score (nSPS) is 26.1. The molecule has 0 spiro atoms. The molecule has 3 unspecified atom stereocenters. The molecular formula is C32H43NO7. The molecule has 8 nitrogen and oxygen atoms in total. The smallest absolute Gasteiger partial charge is 0.306 e. The average Bonchev–Trinajstić information content (AvgIpc) is 2.97. The molecule has 218 valence electrons. The molecule has 2 aliphatic rings. The van der Waals surface area contributed by atoms with Gasteiger partial charge in [0.15, 0.2) is 18.7 Å². The highest BCUT2D eigenvalue weighted by Gasteiger charge is 2.52. The topological polar surface area (TPSA) is 92.3 Å². The summed E-state index contributed by atoms with van der Waals surface area (Å²) in [5, 5.41) is 2.92. The number of nitrogens with one attached hydrogen (secondary N) is 1. The van der Waals surface area contributed by atoms with Gasteiger partial charge in [-0.2, -0.15) is 0 Å². The van der Waals surface area contributed by atoms with E-state index in [2.05, 4.69) is 12.2 Å². The van der Waals surface area contributed by atoms with Crippen LogP contribution in [0, 0.1) is 0 Å². The summed E-state index contributed by atoms with van der Waals surface area (Å²) in [5.74, 6) is -0.595. The number of amides is 1. The Bertz CT molecular complexity index is 1030. The van der Waals surface area contributed by atoms with Crippen molar-refractivity contribution in [1.82, 2.24) is 5.32 Å². The van der Waals surface area contributed by atoms with Crippen LogP contribution in [0.5, 0.6) is 0 Å². The van der Waals surface area contributed by atoms with Crippen molar-refractivity contribution < 1.29 is 33.3 Å². The van der Waals surface area contributed by atoms with Gasteiger partial charge in [-0.15, -0.1) is 0 Å². The molecular weight excluding hydrogens is 510 g/mol. The van der Waals surface area contributed by atoms with Gasteiger partial charge in [-0.3, -0.25) is 9.59 Å². The van der Waals surface area contributed by atoms with Crippen molar-refractivity contribution in [3.8, 4) is 0 Å². The number of hydrogen-bond donors (Lipinski definition) is 1. The predicted octanol–water partition coefficient (Wildman–Crippen LogP) is 5.60. The van der Waals surface area contributed by atoms with Gasteiger partial charge in [0.1, 0.15) is 18.2 Å². The van der Waals surface area contributed by atoms with E-state index >= 15 is 0 Å². The number of esters is 1. The molecule has 40 heavy (non-hydrogen) atoms. The standard InChI is InChI=1S/C32H43NO7/c1-3-4-5-6-7-8-15-20-27(35)39-30-28(33-23(2)34)32(36-21-24-16-11-9-12-17-24)38-26-22-37-31(40-29(26)30)25-18-13-10-14-19-25/h9-14,16-19,26,28-32H,3-8,15,20-22H2,1-2H3,(H,33,34)/t26?,28-,29+,30?,31?,32+/m0/s1. The molecule has 2 heterocycles. The molecule has 2 aromatic rings. The van der Waals surface area contributed by atoms with Crippen molar-refractivity contribution in [3.05, 3.63) is 71.8 Å². The second kappa shape index (κ2) is 15.9. The van der Waals surface area contributed by atoms with Crippen LogP contribution in [0.3, 0.4) is 0 Å². The number of fused-ring (bicyclic) bond motifs is 1. The second-order valence-corrected chi connectivity index (χ2v) is 10.6. The Morgan fingerprint density at radius 2 is 1.57 bits per heavy atom. The third-order valence-electron chi connectivity index (χ3n) is 7.29. The Kier molecular flexibility index (Phi) is 12.0. The Hall–Kier alpha value is -2.78. The molecule has 8 heteroatoms. The molecule has 2 aliphatic heterocycles. The maximum atomic E-state index is 13.1.